The molecular formula is C17H27N3O. The summed E-state index contributed by atoms with van der Waals surface area (Å²) in [5.74, 6) is 0.975. The molecule has 1 aliphatic heterocycles. The number of rotatable bonds is 6. The van der Waals surface area contributed by atoms with Crippen LogP contribution in [0.25, 0.3) is 0 Å². The molecule has 1 saturated carbocycles. The maximum atomic E-state index is 10.4. The highest BCUT2D eigenvalue weighted by Crippen LogP contribution is 2.30. The molecule has 0 spiro atoms. The largest absolute Gasteiger partial charge is 0.387 e. The fourth-order valence-corrected chi connectivity index (χ4v) is 3.05. The first-order valence-electron chi connectivity index (χ1n) is 8.16. The Labute approximate surface area is 127 Å². The van der Waals surface area contributed by atoms with Gasteiger partial charge in [0.15, 0.2) is 0 Å². The second-order valence-corrected chi connectivity index (χ2v) is 6.51. The van der Waals surface area contributed by atoms with E-state index in [4.69, 9.17) is 5.73 Å². The Bertz CT molecular complexity index is 436. The number of aliphatic hydroxyl groups is 1. The summed E-state index contributed by atoms with van der Waals surface area (Å²) in [6.07, 6.45) is 2.46. The predicted molar refractivity (Wildman–Crippen MR) is 84.9 cm³/mol. The number of β-amino-alcohol motifs (C(OH)–C–C–N with tert-alkyl or cyclic N) is 1. The van der Waals surface area contributed by atoms with E-state index in [0.29, 0.717) is 6.54 Å². The van der Waals surface area contributed by atoms with Crippen LogP contribution in [-0.4, -0.2) is 54.2 Å². The van der Waals surface area contributed by atoms with Gasteiger partial charge in [-0.25, -0.2) is 0 Å². The SMILES string of the molecule is NCc1ccc(C(O)CN2CCN(CC3CC3)CC2)cc1. The van der Waals surface area contributed by atoms with Crippen LogP contribution < -0.4 is 5.73 Å². The van der Waals surface area contributed by atoms with Gasteiger partial charge >= 0.3 is 0 Å². The summed E-state index contributed by atoms with van der Waals surface area (Å²) in [4.78, 5) is 4.96. The number of nitrogens with zero attached hydrogens (tertiary/aromatic N) is 2. The Morgan fingerprint density at radius 1 is 1.05 bits per heavy atom. The zero-order chi connectivity index (χ0) is 14.7. The Morgan fingerprint density at radius 3 is 2.24 bits per heavy atom. The van der Waals surface area contributed by atoms with Crippen LogP contribution in [0.3, 0.4) is 0 Å². The first kappa shape index (κ1) is 15.0. The summed E-state index contributed by atoms with van der Waals surface area (Å²) >= 11 is 0. The van der Waals surface area contributed by atoms with E-state index in [2.05, 4.69) is 9.80 Å². The molecule has 3 rings (SSSR count). The maximum Gasteiger partial charge on any atom is 0.0916 e. The Hall–Kier alpha value is -0.940. The molecule has 4 nitrogen and oxygen atoms in total. The summed E-state index contributed by atoms with van der Waals surface area (Å²) in [7, 11) is 0. The van der Waals surface area contributed by atoms with E-state index in [1.54, 1.807) is 0 Å². The van der Waals surface area contributed by atoms with Gasteiger partial charge in [0.05, 0.1) is 6.10 Å². The van der Waals surface area contributed by atoms with Gasteiger partial charge in [-0.3, -0.25) is 4.90 Å². The number of piperazine rings is 1. The summed E-state index contributed by atoms with van der Waals surface area (Å²) in [5, 5.41) is 10.4. The molecule has 2 fully saturated rings. The average Bonchev–Trinajstić information content (AvgIpc) is 3.33. The first-order valence-corrected chi connectivity index (χ1v) is 8.16. The van der Waals surface area contributed by atoms with Crippen molar-refractivity contribution in [1.29, 1.82) is 0 Å². The Morgan fingerprint density at radius 2 is 1.67 bits per heavy atom. The molecule has 0 radical (unpaired) electrons. The highest BCUT2D eigenvalue weighted by molar-refractivity contribution is 5.24. The van der Waals surface area contributed by atoms with E-state index in [0.717, 1.165) is 49.8 Å². The molecule has 1 aliphatic carbocycles. The van der Waals surface area contributed by atoms with Gasteiger partial charge in [-0.2, -0.15) is 0 Å². The predicted octanol–water partition coefficient (Wildman–Crippen LogP) is 1.21. The van der Waals surface area contributed by atoms with Gasteiger partial charge in [0.25, 0.3) is 0 Å². The lowest BCUT2D eigenvalue weighted by atomic mass is 10.1. The number of hydrogen-bond acceptors (Lipinski definition) is 4. The lowest BCUT2D eigenvalue weighted by molar-refractivity contribution is 0.0710. The highest BCUT2D eigenvalue weighted by atomic mass is 16.3. The summed E-state index contributed by atoms with van der Waals surface area (Å²) in [6.45, 7) is 7.02. The second kappa shape index (κ2) is 6.88. The summed E-state index contributed by atoms with van der Waals surface area (Å²) in [6, 6.07) is 8.00. The minimum absolute atomic E-state index is 0.396. The number of benzene rings is 1. The number of nitrogens with two attached hydrogens (primary N) is 1. The van der Waals surface area contributed by atoms with Gasteiger partial charge in [-0.15, -0.1) is 0 Å². The quantitative estimate of drug-likeness (QED) is 0.826. The van der Waals surface area contributed by atoms with E-state index in [1.165, 1.54) is 19.4 Å². The van der Waals surface area contributed by atoms with Crippen LogP contribution in [0.15, 0.2) is 24.3 Å². The third-order valence-electron chi connectivity index (χ3n) is 4.71. The molecule has 2 aliphatic rings. The van der Waals surface area contributed by atoms with E-state index in [-0.39, 0.29) is 0 Å². The summed E-state index contributed by atoms with van der Waals surface area (Å²) in [5.41, 5.74) is 7.71. The highest BCUT2D eigenvalue weighted by Gasteiger charge is 2.26. The molecule has 1 unspecified atom stereocenters. The van der Waals surface area contributed by atoms with Crippen molar-refractivity contribution in [3.63, 3.8) is 0 Å². The van der Waals surface area contributed by atoms with Crippen molar-refractivity contribution in [2.45, 2.75) is 25.5 Å². The van der Waals surface area contributed by atoms with Crippen molar-refractivity contribution in [1.82, 2.24) is 9.80 Å². The normalized spacial score (nSPS) is 22.4. The maximum absolute atomic E-state index is 10.4. The first-order chi connectivity index (χ1) is 10.2. The molecule has 21 heavy (non-hydrogen) atoms. The van der Waals surface area contributed by atoms with Crippen LogP contribution in [0, 0.1) is 5.92 Å². The van der Waals surface area contributed by atoms with Crippen LogP contribution in [0.1, 0.15) is 30.1 Å². The molecule has 1 saturated heterocycles. The molecule has 116 valence electrons. The third kappa shape index (κ3) is 4.27. The van der Waals surface area contributed by atoms with Gasteiger partial charge in [-0.1, -0.05) is 24.3 Å². The second-order valence-electron chi connectivity index (χ2n) is 6.51. The van der Waals surface area contributed by atoms with Crippen LogP contribution in [0.4, 0.5) is 0 Å². The van der Waals surface area contributed by atoms with E-state index in [9.17, 15) is 5.11 Å². The number of hydrogen-bond donors (Lipinski definition) is 2. The Kier molecular flexibility index (Phi) is 4.91. The molecule has 3 N–H and O–H groups in total. The van der Waals surface area contributed by atoms with Gasteiger partial charge in [0.2, 0.25) is 0 Å². The lowest BCUT2D eigenvalue weighted by Crippen LogP contribution is -2.47. The van der Waals surface area contributed by atoms with Crippen LogP contribution in [0.2, 0.25) is 0 Å². The fraction of sp³-hybridized carbons (Fsp3) is 0.647. The van der Waals surface area contributed by atoms with Crippen LogP contribution in [-0.2, 0) is 6.54 Å². The lowest BCUT2D eigenvalue weighted by Gasteiger charge is -2.35. The molecule has 0 aromatic heterocycles. The van der Waals surface area contributed by atoms with Crippen molar-refractivity contribution in [2.24, 2.45) is 11.7 Å². The third-order valence-corrected chi connectivity index (χ3v) is 4.71. The summed E-state index contributed by atoms with van der Waals surface area (Å²) < 4.78 is 0. The smallest absolute Gasteiger partial charge is 0.0916 e. The monoisotopic (exact) mass is 289 g/mol. The van der Waals surface area contributed by atoms with Crippen molar-refractivity contribution in [3.8, 4) is 0 Å². The Balaban J connectivity index is 1.45. The van der Waals surface area contributed by atoms with Crippen LogP contribution in [0.5, 0.6) is 0 Å². The van der Waals surface area contributed by atoms with Crippen molar-refractivity contribution < 1.29 is 5.11 Å². The zero-order valence-electron chi connectivity index (χ0n) is 12.7. The average molecular weight is 289 g/mol. The fourth-order valence-electron chi connectivity index (χ4n) is 3.05. The van der Waals surface area contributed by atoms with Gasteiger partial charge in [-0.05, 0) is 29.9 Å². The molecule has 0 bridgehead atoms. The molecular weight excluding hydrogens is 262 g/mol. The van der Waals surface area contributed by atoms with E-state index >= 15 is 0 Å². The van der Waals surface area contributed by atoms with E-state index in [1.807, 2.05) is 24.3 Å². The molecule has 1 aromatic carbocycles. The minimum Gasteiger partial charge on any atom is -0.387 e. The van der Waals surface area contributed by atoms with E-state index < -0.39 is 6.10 Å². The van der Waals surface area contributed by atoms with Gasteiger partial charge in [0, 0.05) is 45.8 Å². The molecule has 4 heteroatoms. The van der Waals surface area contributed by atoms with Gasteiger partial charge < -0.3 is 15.7 Å². The van der Waals surface area contributed by atoms with Crippen molar-refractivity contribution >= 4 is 0 Å². The van der Waals surface area contributed by atoms with Gasteiger partial charge in [0.1, 0.15) is 0 Å². The minimum atomic E-state index is -0.396. The molecule has 1 atom stereocenters. The van der Waals surface area contributed by atoms with Crippen molar-refractivity contribution in [3.05, 3.63) is 35.4 Å². The zero-order valence-corrected chi connectivity index (χ0v) is 12.7. The number of aliphatic hydroxyl groups excluding tert-OH is 1. The molecule has 1 aromatic rings. The van der Waals surface area contributed by atoms with Crippen LogP contribution >= 0.6 is 0 Å². The molecule has 1 heterocycles. The molecule has 0 amide bonds. The van der Waals surface area contributed by atoms with Crippen molar-refractivity contribution in [2.75, 3.05) is 39.3 Å². The standard InChI is InChI=1S/C17H27N3O/c18-11-14-3-5-16(6-4-14)17(21)13-20-9-7-19(8-10-20)12-15-1-2-15/h3-6,15,17,21H,1-2,7-13,18H2. The topological polar surface area (TPSA) is 52.7 Å².